The lowest BCUT2D eigenvalue weighted by molar-refractivity contribution is -0.143. The molecule has 0 N–H and O–H groups in total. The predicted molar refractivity (Wildman–Crippen MR) is 112 cm³/mol. The van der Waals surface area contributed by atoms with Crippen LogP contribution in [0, 0.1) is 0 Å². The minimum absolute atomic E-state index is 0.0323. The van der Waals surface area contributed by atoms with Gasteiger partial charge in [-0.25, -0.2) is 0 Å². The molecule has 2 aliphatic heterocycles. The molecule has 0 atom stereocenters. The van der Waals surface area contributed by atoms with Crippen LogP contribution in [0.5, 0.6) is 0 Å². The number of benzene rings is 1. The zero-order valence-electron chi connectivity index (χ0n) is 17.7. The van der Waals surface area contributed by atoms with Crippen LogP contribution in [-0.2, 0) is 21.3 Å². The van der Waals surface area contributed by atoms with Gasteiger partial charge in [0.1, 0.15) is 6.61 Å². The van der Waals surface area contributed by atoms with Gasteiger partial charge in [-0.15, -0.1) is 0 Å². The van der Waals surface area contributed by atoms with Crippen molar-refractivity contribution in [1.82, 2.24) is 19.6 Å². The van der Waals surface area contributed by atoms with E-state index in [2.05, 4.69) is 5.10 Å². The molecule has 1 aromatic heterocycles. The Kier molecular flexibility index (Phi) is 6.34. The smallest absolute Gasteiger partial charge is 0.275 e. The molecule has 0 unspecified atom stereocenters. The highest BCUT2D eigenvalue weighted by Crippen LogP contribution is 2.26. The topological polar surface area (TPSA) is 76.9 Å². The number of piperidine rings is 1. The Balaban J connectivity index is 1.46. The molecule has 4 rings (SSSR count). The Bertz CT molecular complexity index is 898. The molecular formula is C22H30N4O4. The molecule has 0 saturated carbocycles. The molecule has 1 aromatic carbocycles. The number of aromatic nitrogens is 2. The van der Waals surface area contributed by atoms with E-state index in [-0.39, 0.29) is 30.5 Å². The number of amides is 2. The van der Waals surface area contributed by atoms with Crippen LogP contribution in [0.1, 0.15) is 36.2 Å². The highest BCUT2D eigenvalue weighted by Gasteiger charge is 2.35. The summed E-state index contributed by atoms with van der Waals surface area (Å²) in [6.07, 6.45) is 3.25. The second kappa shape index (κ2) is 9.14. The van der Waals surface area contributed by atoms with Gasteiger partial charge < -0.3 is 19.3 Å². The number of carbonyl (C=O) groups excluding carboxylic acids is 2. The van der Waals surface area contributed by atoms with Crippen molar-refractivity contribution in [2.24, 2.45) is 7.05 Å². The van der Waals surface area contributed by atoms with Crippen LogP contribution in [0.25, 0.3) is 10.9 Å². The maximum atomic E-state index is 13.2. The molecule has 0 aliphatic carbocycles. The fraction of sp³-hybridized carbons (Fsp3) is 0.591. The van der Waals surface area contributed by atoms with E-state index < -0.39 is 0 Å². The number of methoxy groups -OCH3 is 1. The number of para-hydroxylation sites is 1. The summed E-state index contributed by atoms with van der Waals surface area (Å²) in [5.41, 5.74) is 1.45. The van der Waals surface area contributed by atoms with Crippen molar-refractivity contribution in [3.8, 4) is 0 Å². The summed E-state index contributed by atoms with van der Waals surface area (Å²) < 4.78 is 12.4. The Labute approximate surface area is 176 Å². The van der Waals surface area contributed by atoms with Crippen LogP contribution >= 0.6 is 0 Å². The minimum Gasteiger partial charge on any atom is -0.381 e. The number of rotatable bonds is 5. The van der Waals surface area contributed by atoms with Gasteiger partial charge in [-0.1, -0.05) is 18.2 Å². The lowest BCUT2D eigenvalue weighted by atomic mass is 9.97. The van der Waals surface area contributed by atoms with Crippen molar-refractivity contribution in [3.63, 3.8) is 0 Å². The summed E-state index contributed by atoms with van der Waals surface area (Å²) in [5, 5.41) is 5.36. The molecule has 3 heterocycles. The second-order valence-corrected chi connectivity index (χ2v) is 8.09. The van der Waals surface area contributed by atoms with Crippen molar-refractivity contribution in [2.75, 3.05) is 40.0 Å². The van der Waals surface area contributed by atoms with Crippen LogP contribution in [0.4, 0.5) is 0 Å². The fourth-order valence-electron chi connectivity index (χ4n) is 4.74. The number of nitrogens with zero attached hydrogens (tertiary/aromatic N) is 4. The third kappa shape index (κ3) is 4.06. The Morgan fingerprint density at radius 1 is 1.13 bits per heavy atom. The van der Waals surface area contributed by atoms with E-state index in [1.54, 1.807) is 11.8 Å². The molecule has 0 bridgehead atoms. The van der Waals surface area contributed by atoms with E-state index in [0.29, 0.717) is 32.0 Å². The Morgan fingerprint density at radius 3 is 2.50 bits per heavy atom. The van der Waals surface area contributed by atoms with Gasteiger partial charge in [-0.05, 0) is 31.7 Å². The Hall–Kier alpha value is -2.45. The average molecular weight is 415 g/mol. The van der Waals surface area contributed by atoms with Crippen LogP contribution < -0.4 is 0 Å². The number of ether oxygens (including phenoxy) is 2. The van der Waals surface area contributed by atoms with Gasteiger partial charge in [0, 0.05) is 57.9 Å². The van der Waals surface area contributed by atoms with Gasteiger partial charge in [-0.2, -0.15) is 5.10 Å². The van der Waals surface area contributed by atoms with Crippen molar-refractivity contribution in [1.29, 1.82) is 0 Å². The number of fused-ring (bicyclic) bond motifs is 1. The van der Waals surface area contributed by atoms with Crippen LogP contribution in [-0.4, -0.2) is 83.5 Å². The highest BCUT2D eigenvalue weighted by atomic mass is 16.5. The maximum absolute atomic E-state index is 13.2. The molecule has 0 radical (unpaired) electrons. The SMILES string of the molecule is COCC(=O)N(C1CCOCC1)C1CCN(C(=O)c2nn(C)c3ccccc23)CC1. The quantitative estimate of drug-likeness (QED) is 0.746. The fourth-order valence-corrected chi connectivity index (χ4v) is 4.74. The summed E-state index contributed by atoms with van der Waals surface area (Å²) in [5.74, 6) is -0.00372. The molecule has 2 aromatic rings. The molecule has 162 valence electrons. The number of hydrogen-bond donors (Lipinski definition) is 0. The molecule has 2 aliphatic rings. The van der Waals surface area contributed by atoms with Crippen LogP contribution in [0.2, 0.25) is 0 Å². The Morgan fingerprint density at radius 2 is 1.80 bits per heavy atom. The minimum atomic E-state index is -0.0360. The molecule has 2 fully saturated rings. The summed E-state index contributed by atoms with van der Waals surface area (Å²) in [4.78, 5) is 29.9. The molecule has 2 saturated heterocycles. The largest absolute Gasteiger partial charge is 0.381 e. The van der Waals surface area contributed by atoms with Gasteiger partial charge >= 0.3 is 0 Å². The van der Waals surface area contributed by atoms with Gasteiger partial charge in [0.25, 0.3) is 5.91 Å². The number of hydrogen-bond acceptors (Lipinski definition) is 5. The molecule has 30 heavy (non-hydrogen) atoms. The predicted octanol–water partition coefficient (Wildman–Crippen LogP) is 1.83. The first-order chi connectivity index (χ1) is 14.6. The molecular weight excluding hydrogens is 384 g/mol. The number of carbonyl (C=O) groups is 2. The van der Waals surface area contributed by atoms with E-state index in [0.717, 1.165) is 36.6 Å². The van der Waals surface area contributed by atoms with Crippen molar-refractivity contribution < 1.29 is 19.1 Å². The maximum Gasteiger partial charge on any atom is 0.275 e. The first-order valence-corrected chi connectivity index (χ1v) is 10.7. The van der Waals surface area contributed by atoms with Crippen molar-refractivity contribution >= 4 is 22.7 Å². The lowest BCUT2D eigenvalue weighted by Gasteiger charge is -2.43. The summed E-state index contributed by atoms with van der Waals surface area (Å²) in [6, 6.07) is 8.11. The third-order valence-electron chi connectivity index (χ3n) is 6.25. The van der Waals surface area contributed by atoms with Crippen LogP contribution in [0.15, 0.2) is 24.3 Å². The molecule has 8 heteroatoms. The standard InChI is InChI=1S/C22H30N4O4/c1-24-19-6-4-3-5-18(19)21(23-24)22(28)25-11-7-16(8-12-25)26(20(27)15-29-2)17-9-13-30-14-10-17/h3-6,16-17H,7-15H2,1-2H3. The first kappa shape index (κ1) is 20.8. The van der Waals surface area contributed by atoms with E-state index in [9.17, 15) is 9.59 Å². The lowest BCUT2D eigenvalue weighted by Crippen LogP contribution is -2.54. The van der Waals surface area contributed by atoms with Gasteiger partial charge in [0.05, 0.1) is 5.52 Å². The normalized spacial score (nSPS) is 18.7. The van der Waals surface area contributed by atoms with Gasteiger partial charge in [-0.3, -0.25) is 14.3 Å². The summed E-state index contributed by atoms with van der Waals surface area (Å²) in [7, 11) is 3.41. The molecule has 8 nitrogen and oxygen atoms in total. The second-order valence-electron chi connectivity index (χ2n) is 8.09. The number of likely N-dealkylation sites (tertiary alicyclic amines) is 1. The van der Waals surface area contributed by atoms with Gasteiger partial charge in [0.15, 0.2) is 5.69 Å². The first-order valence-electron chi connectivity index (χ1n) is 10.7. The summed E-state index contributed by atoms with van der Waals surface area (Å²) >= 11 is 0. The van der Waals surface area contributed by atoms with Crippen LogP contribution in [0.3, 0.4) is 0 Å². The zero-order valence-corrected chi connectivity index (χ0v) is 17.7. The van der Waals surface area contributed by atoms with Gasteiger partial charge in [0.2, 0.25) is 5.91 Å². The van der Waals surface area contributed by atoms with E-state index in [1.165, 1.54) is 0 Å². The summed E-state index contributed by atoms with van der Waals surface area (Å²) in [6.45, 7) is 2.70. The molecule has 2 amide bonds. The molecule has 0 spiro atoms. The van der Waals surface area contributed by atoms with E-state index in [4.69, 9.17) is 9.47 Å². The van der Waals surface area contributed by atoms with Crippen molar-refractivity contribution in [3.05, 3.63) is 30.0 Å². The number of aryl methyl sites for hydroxylation is 1. The van der Waals surface area contributed by atoms with Crippen molar-refractivity contribution in [2.45, 2.75) is 37.8 Å². The van der Waals surface area contributed by atoms with E-state index >= 15 is 0 Å². The average Bonchev–Trinajstić information content (AvgIpc) is 3.12. The van der Waals surface area contributed by atoms with E-state index in [1.807, 2.05) is 41.1 Å². The third-order valence-corrected chi connectivity index (χ3v) is 6.25. The monoisotopic (exact) mass is 414 g/mol. The zero-order chi connectivity index (χ0) is 21.1. The highest BCUT2D eigenvalue weighted by molar-refractivity contribution is 6.04.